The Hall–Kier alpha value is -1.59. The molecule has 2 N–H and O–H groups in total. The van der Waals surface area contributed by atoms with Gasteiger partial charge in [0.15, 0.2) is 5.78 Å². The second-order valence-electron chi connectivity index (χ2n) is 3.92. The summed E-state index contributed by atoms with van der Waals surface area (Å²) in [5.74, 6) is 5.68. The molecule has 0 fully saturated rings. The SMILES string of the molecule is CC#CCCC(=O)C(C)(N)c1ccccc1. The van der Waals surface area contributed by atoms with Crippen LogP contribution in [0.15, 0.2) is 30.3 Å². The molecule has 1 unspecified atom stereocenters. The van der Waals surface area contributed by atoms with E-state index >= 15 is 0 Å². The van der Waals surface area contributed by atoms with E-state index in [4.69, 9.17) is 5.73 Å². The highest BCUT2D eigenvalue weighted by molar-refractivity contribution is 5.89. The molecular weight excluding hydrogens is 198 g/mol. The second kappa shape index (κ2) is 5.48. The Morgan fingerprint density at radius 2 is 2.00 bits per heavy atom. The predicted molar refractivity (Wildman–Crippen MR) is 65.7 cm³/mol. The smallest absolute Gasteiger partial charge is 0.157 e. The van der Waals surface area contributed by atoms with Gasteiger partial charge in [-0.2, -0.15) is 0 Å². The van der Waals surface area contributed by atoms with Crippen LogP contribution < -0.4 is 5.73 Å². The lowest BCUT2D eigenvalue weighted by molar-refractivity contribution is -0.123. The van der Waals surface area contributed by atoms with Crippen LogP contribution in [0.2, 0.25) is 0 Å². The van der Waals surface area contributed by atoms with Crippen LogP contribution in [-0.4, -0.2) is 5.78 Å². The molecule has 0 bridgehead atoms. The Kier molecular flexibility index (Phi) is 4.28. The van der Waals surface area contributed by atoms with Gasteiger partial charge in [-0.15, -0.1) is 11.8 Å². The molecule has 0 aliphatic carbocycles. The standard InChI is InChI=1S/C14H17NO/c1-3-4-6-11-13(16)14(2,15)12-9-7-5-8-10-12/h5,7-10H,6,11,15H2,1-2H3. The van der Waals surface area contributed by atoms with Crippen LogP contribution in [0.5, 0.6) is 0 Å². The summed E-state index contributed by atoms with van der Waals surface area (Å²) in [4.78, 5) is 11.9. The summed E-state index contributed by atoms with van der Waals surface area (Å²) in [6, 6.07) is 9.44. The Morgan fingerprint density at radius 3 is 2.56 bits per heavy atom. The summed E-state index contributed by atoms with van der Waals surface area (Å²) in [7, 11) is 0. The molecule has 0 spiro atoms. The molecule has 2 heteroatoms. The average molecular weight is 215 g/mol. The van der Waals surface area contributed by atoms with Crippen molar-refractivity contribution in [1.82, 2.24) is 0 Å². The molecule has 1 atom stereocenters. The van der Waals surface area contributed by atoms with Gasteiger partial charge in [0.2, 0.25) is 0 Å². The largest absolute Gasteiger partial charge is 0.315 e. The van der Waals surface area contributed by atoms with Crippen LogP contribution in [0.4, 0.5) is 0 Å². The number of hydrogen-bond donors (Lipinski definition) is 1. The van der Waals surface area contributed by atoms with Gasteiger partial charge in [-0.1, -0.05) is 30.3 Å². The fourth-order valence-electron chi connectivity index (χ4n) is 1.51. The van der Waals surface area contributed by atoms with Crippen molar-refractivity contribution in [2.75, 3.05) is 0 Å². The van der Waals surface area contributed by atoms with Crippen LogP contribution in [-0.2, 0) is 10.3 Å². The first-order valence-electron chi connectivity index (χ1n) is 5.36. The first-order valence-corrected chi connectivity index (χ1v) is 5.36. The summed E-state index contributed by atoms with van der Waals surface area (Å²) >= 11 is 0. The van der Waals surface area contributed by atoms with Crippen molar-refractivity contribution in [3.63, 3.8) is 0 Å². The van der Waals surface area contributed by atoms with E-state index in [-0.39, 0.29) is 5.78 Å². The van der Waals surface area contributed by atoms with Gasteiger partial charge >= 0.3 is 0 Å². The zero-order valence-corrected chi connectivity index (χ0v) is 9.79. The highest BCUT2D eigenvalue weighted by Gasteiger charge is 2.28. The van der Waals surface area contributed by atoms with Crippen LogP contribution >= 0.6 is 0 Å². The number of Topliss-reactive ketones (excluding diaryl/α,β-unsaturated/α-hetero) is 1. The van der Waals surface area contributed by atoms with Gasteiger partial charge in [-0.25, -0.2) is 0 Å². The lowest BCUT2D eigenvalue weighted by Gasteiger charge is -2.23. The Bertz CT molecular complexity index is 409. The normalized spacial score (nSPS) is 13.4. The molecule has 0 radical (unpaired) electrons. The van der Waals surface area contributed by atoms with Crippen LogP contribution in [0.3, 0.4) is 0 Å². The van der Waals surface area contributed by atoms with Crippen molar-refractivity contribution >= 4 is 5.78 Å². The molecule has 16 heavy (non-hydrogen) atoms. The Balaban J connectivity index is 2.76. The van der Waals surface area contributed by atoms with Crippen LogP contribution in [0, 0.1) is 11.8 Å². The predicted octanol–water partition coefficient (Wildman–Crippen LogP) is 2.23. The van der Waals surface area contributed by atoms with Gasteiger partial charge < -0.3 is 5.73 Å². The number of ketones is 1. The molecule has 0 heterocycles. The lowest BCUT2D eigenvalue weighted by Crippen LogP contribution is -2.41. The van der Waals surface area contributed by atoms with Crippen LogP contribution in [0.25, 0.3) is 0 Å². The summed E-state index contributed by atoms with van der Waals surface area (Å²) in [5.41, 5.74) is 6.01. The van der Waals surface area contributed by atoms with Crippen molar-refractivity contribution < 1.29 is 4.79 Å². The van der Waals surface area contributed by atoms with Gasteiger partial charge in [-0.05, 0) is 19.4 Å². The van der Waals surface area contributed by atoms with Gasteiger partial charge in [0.05, 0.1) is 5.54 Å². The van der Waals surface area contributed by atoms with Gasteiger partial charge in [0, 0.05) is 12.8 Å². The minimum atomic E-state index is -0.906. The number of nitrogens with two attached hydrogens (primary N) is 1. The zero-order chi connectivity index (χ0) is 12.0. The number of carbonyl (C=O) groups is 1. The second-order valence-corrected chi connectivity index (χ2v) is 3.92. The molecule has 0 saturated carbocycles. The molecule has 0 aliphatic heterocycles. The highest BCUT2D eigenvalue weighted by Crippen LogP contribution is 2.20. The molecule has 1 rings (SSSR count). The molecule has 0 amide bonds. The summed E-state index contributed by atoms with van der Waals surface area (Å²) in [6.07, 6.45) is 0.984. The molecule has 2 nitrogen and oxygen atoms in total. The quantitative estimate of drug-likeness (QED) is 0.783. The van der Waals surface area contributed by atoms with E-state index in [9.17, 15) is 4.79 Å². The van der Waals surface area contributed by atoms with Crippen molar-refractivity contribution in [1.29, 1.82) is 0 Å². The highest BCUT2D eigenvalue weighted by atomic mass is 16.1. The first-order chi connectivity index (χ1) is 7.59. The van der Waals surface area contributed by atoms with E-state index < -0.39 is 5.54 Å². The van der Waals surface area contributed by atoms with Crippen molar-refractivity contribution in [3.8, 4) is 11.8 Å². The van der Waals surface area contributed by atoms with E-state index in [1.165, 1.54) is 0 Å². The third-order valence-electron chi connectivity index (χ3n) is 2.61. The number of benzene rings is 1. The monoisotopic (exact) mass is 215 g/mol. The molecule has 0 aliphatic rings. The minimum Gasteiger partial charge on any atom is -0.315 e. The average Bonchev–Trinajstić information content (AvgIpc) is 2.30. The number of rotatable bonds is 4. The molecule has 1 aromatic rings. The fraction of sp³-hybridized carbons (Fsp3) is 0.357. The maximum atomic E-state index is 11.9. The fourth-order valence-corrected chi connectivity index (χ4v) is 1.51. The van der Waals surface area contributed by atoms with E-state index in [0.29, 0.717) is 12.8 Å². The van der Waals surface area contributed by atoms with Gasteiger partial charge in [0.1, 0.15) is 0 Å². The van der Waals surface area contributed by atoms with Crippen molar-refractivity contribution in [3.05, 3.63) is 35.9 Å². The summed E-state index contributed by atoms with van der Waals surface area (Å²) in [5, 5.41) is 0. The van der Waals surface area contributed by atoms with Crippen molar-refractivity contribution in [2.45, 2.75) is 32.2 Å². The zero-order valence-electron chi connectivity index (χ0n) is 9.79. The van der Waals surface area contributed by atoms with Gasteiger partial charge in [-0.3, -0.25) is 4.79 Å². The molecule has 0 saturated heterocycles. The number of carbonyl (C=O) groups excluding carboxylic acids is 1. The topological polar surface area (TPSA) is 43.1 Å². The number of hydrogen-bond acceptors (Lipinski definition) is 2. The van der Waals surface area contributed by atoms with E-state index in [1.807, 2.05) is 30.3 Å². The molecular formula is C14H17NO. The maximum absolute atomic E-state index is 11.9. The Morgan fingerprint density at radius 1 is 1.38 bits per heavy atom. The third-order valence-corrected chi connectivity index (χ3v) is 2.61. The molecule has 0 aromatic heterocycles. The van der Waals surface area contributed by atoms with E-state index in [1.54, 1.807) is 13.8 Å². The minimum absolute atomic E-state index is 0.0291. The lowest BCUT2D eigenvalue weighted by atomic mass is 9.87. The summed E-state index contributed by atoms with van der Waals surface area (Å²) in [6.45, 7) is 3.52. The van der Waals surface area contributed by atoms with Crippen LogP contribution in [0.1, 0.15) is 32.3 Å². The van der Waals surface area contributed by atoms with Gasteiger partial charge in [0.25, 0.3) is 0 Å². The summed E-state index contributed by atoms with van der Waals surface area (Å²) < 4.78 is 0. The van der Waals surface area contributed by atoms with E-state index in [0.717, 1.165) is 5.56 Å². The van der Waals surface area contributed by atoms with E-state index in [2.05, 4.69) is 11.8 Å². The van der Waals surface area contributed by atoms with Crippen molar-refractivity contribution in [2.24, 2.45) is 5.73 Å². The molecule has 1 aromatic carbocycles. The third kappa shape index (κ3) is 2.95. The maximum Gasteiger partial charge on any atom is 0.157 e. The Labute approximate surface area is 96.9 Å². The first kappa shape index (κ1) is 12.5. The molecule has 84 valence electrons.